The largest absolute Gasteiger partial charge is 0.497 e. The van der Waals surface area contributed by atoms with Gasteiger partial charge in [-0.15, -0.1) is 11.3 Å². The summed E-state index contributed by atoms with van der Waals surface area (Å²) in [5, 5.41) is 9.18. The Morgan fingerprint density at radius 1 is 1.32 bits per heavy atom. The van der Waals surface area contributed by atoms with E-state index in [4.69, 9.17) is 10.5 Å². The topological polar surface area (TPSA) is 105 Å². The van der Waals surface area contributed by atoms with Crippen LogP contribution in [-0.4, -0.2) is 38.2 Å². The maximum atomic E-state index is 12.6. The quantitative estimate of drug-likeness (QED) is 0.654. The summed E-state index contributed by atoms with van der Waals surface area (Å²) in [6, 6.07) is 8.68. The predicted molar refractivity (Wildman–Crippen MR) is 98.3 cm³/mol. The molecule has 5 N–H and O–H groups in total. The van der Waals surface area contributed by atoms with Crippen molar-refractivity contribution in [1.29, 1.82) is 0 Å². The second-order valence-corrected chi connectivity index (χ2v) is 6.79. The number of benzene rings is 1. The molecule has 7 nitrogen and oxygen atoms in total. The van der Waals surface area contributed by atoms with E-state index in [0.29, 0.717) is 10.6 Å². The van der Waals surface area contributed by atoms with Gasteiger partial charge in [0.05, 0.1) is 12.7 Å². The lowest BCUT2D eigenvalue weighted by Crippen LogP contribution is -2.36. The highest BCUT2D eigenvalue weighted by Gasteiger charge is 2.22. The standard InChI is InChI=1S/C17H20N4O3S/c1-24-12-4-2-10(3-5-12)14-8-13(16(25-14)21-17(18)23)15(22)20-11-6-7-19-9-11/h2-5,8,11,19H,6-7,9H2,1H3,(H,20,22)(H3,18,21,23). The third kappa shape index (κ3) is 4.09. The van der Waals surface area contributed by atoms with Gasteiger partial charge < -0.3 is 21.1 Å². The minimum Gasteiger partial charge on any atom is -0.497 e. The highest BCUT2D eigenvalue weighted by Crippen LogP contribution is 2.36. The van der Waals surface area contributed by atoms with Crippen LogP contribution in [0.4, 0.5) is 9.80 Å². The molecule has 1 aliphatic rings. The van der Waals surface area contributed by atoms with Crippen molar-refractivity contribution in [2.75, 3.05) is 25.5 Å². The van der Waals surface area contributed by atoms with Crippen LogP contribution in [0.25, 0.3) is 10.4 Å². The molecule has 1 atom stereocenters. The van der Waals surface area contributed by atoms with Crippen molar-refractivity contribution in [3.63, 3.8) is 0 Å². The van der Waals surface area contributed by atoms with Gasteiger partial charge in [-0.2, -0.15) is 0 Å². The summed E-state index contributed by atoms with van der Waals surface area (Å²) in [4.78, 5) is 24.7. The lowest BCUT2D eigenvalue weighted by atomic mass is 10.1. The molecule has 0 bridgehead atoms. The van der Waals surface area contributed by atoms with Crippen molar-refractivity contribution in [1.82, 2.24) is 10.6 Å². The van der Waals surface area contributed by atoms with Gasteiger partial charge in [0.15, 0.2) is 0 Å². The zero-order valence-electron chi connectivity index (χ0n) is 13.8. The molecule has 2 heterocycles. The van der Waals surface area contributed by atoms with Gasteiger partial charge in [0.2, 0.25) is 0 Å². The molecule has 0 aliphatic carbocycles. The lowest BCUT2D eigenvalue weighted by molar-refractivity contribution is 0.0941. The van der Waals surface area contributed by atoms with E-state index in [0.717, 1.165) is 35.7 Å². The number of hydrogen-bond acceptors (Lipinski definition) is 5. The predicted octanol–water partition coefficient (Wildman–Crippen LogP) is 2.01. The fourth-order valence-electron chi connectivity index (χ4n) is 2.70. The molecule has 0 saturated carbocycles. The molecular formula is C17H20N4O3S. The van der Waals surface area contributed by atoms with Crippen LogP contribution in [0.15, 0.2) is 30.3 Å². The van der Waals surface area contributed by atoms with Gasteiger partial charge in [-0.05, 0) is 48.9 Å². The van der Waals surface area contributed by atoms with Crippen LogP contribution in [0.1, 0.15) is 16.8 Å². The van der Waals surface area contributed by atoms with Crippen LogP contribution < -0.4 is 26.4 Å². The summed E-state index contributed by atoms with van der Waals surface area (Å²) >= 11 is 1.31. The summed E-state index contributed by atoms with van der Waals surface area (Å²) in [5.41, 5.74) is 6.59. The van der Waals surface area contributed by atoms with Crippen molar-refractivity contribution in [3.05, 3.63) is 35.9 Å². The third-order valence-corrected chi connectivity index (χ3v) is 5.08. The molecule has 2 aromatic rings. The normalized spacial score (nSPS) is 16.4. The van der Waals surface area contributed by atoms with Crippen LogP contribution in [0.3, 0.4) is 0 Å². The molecule has 8 heteroatoms. The highest BCUT2D eigenvalue weighted by atomic mass is 32.1. The number of hydrogen-bond donors (Lipinski definition) is 4. The first kappa shape index (κ1) is 17.2. The van der Waals surface area contributed by atoms with Gasteiger partial charge >= 0.3 is 6.03 Å². The zero-order valence-corrected chi connectivity index (χ0v) is 14.6. The van der Waals surface area contributed by atoms with Gasteiger partial charge in [-0.25, -0.2) is 4.79 Å². The summed E-state index contributed by atoms with van der Waals surface area (Å²) in [7, 11) is 1.61. The van der Waals surface area contributed by atoms with Gasteiger partial charge in [0, 0.05) is 17.5 Å². The number of thiophene rings is 1. The van der Waals surface area contributed by atoms with Gasteiger partial charge in [-0.3, -0.25) is 10.1 Å². The van der Waals surface area contributed by atoms with Crippen LogP contribution >= 0.6 is 11.3 Å². The average molecular weight is 360 g/mol. The molecular weight excluding hydrogens is 340 g/mol. The second kappa shape index (κ2) is 7.54. The number of carbonyl (C=O) groups excluding carboxylic acids is 2. The molecule has 1 aromatic heterocycles. The second-order valence-electron chi connectivity index (χ2n) is 5.73. The first-order valence-electron chi connectivity index (χ1n) is 7.93. The number of primary amides is 1. The van der Waals surface area contributed by atoms with E-state index >= 15 is 0 Å². The Labute approximate surface area is 149 Å². The number of nitrogens with two attached hydrogens (primary N) is 1. The fraction of sp³-hybridized carbons (Fsp3) is 0.294. The smallest absolute Gasteiger partial charge is 0.317 e. The first-order chi connectivity index (χ1) is 12.1. The van der Waals surface area contributed by atoms with Crippen LogP contribution in [0.5, 0.6) is 5.75 Å². The maximum Gasteiger partial charge on any atom is 0.317 e. The number of rotatable bonds is 5. The van der Waals surface area contributed by atoms with Crippen molar-refractivity contribution in [2.45, 2.75) is 12.5 Å². The van der Waals surface area contributed by atoms with E-state index in [1.807, 2.05) is 24.3 Å². The number of methoxy groups -OCH3 is 1. The SMILES string of the molecule is COc1ccc(-c2cc(C(=O)NC3CCNC3)c(NC(N)=O)s2)cc1. The molecule has 132 valence electrons. The Hall–Kier alpha value is -2.58. The Kier molecular flexibility index (Phi) is 5.20. The van der Waals surface area contributed by atoms with E-state index < -0.39 is 6.03 Å². The Balaban J connectivity index is 1.87. The minimum atomic E-state index is -0.695. The van der Waals surface area contributed by atoms with Gasteiger partial charge in [0.1, 0.15) is 10.8 Å². The Morgan fingerprint density at radius 2 is 2.08 bits per heavy atom. The summed E-state index contributed by atoms with van der Waals surface area (Å²) in [6.07, 6.45) is 0.889. The van der Waals surface area contributed by atoms with Crippen molar-refractivity contribution >= 4 is 28.3 Å². The van der Waals surface area contributed by atoms with E-state index in [-0.39, 0.29) is 11.9 Å². The molecule has 1 unspecified atom stereocenters. The lowest BCUT2D eigenvalue weighted by Gasteiger charge is -2.11. The molecule has 1 aliphatic heterocycles. The van der Waals surface area contributed by atoms with Crippen LogP contribution in [0, 0.1) is 0 Å². The van der Waals surface area contributed by atoms with Crippen molar-refractivity contribution in [2.24, 2.45) is 5.73 Å². The Bertz CT molecular complexity index is 767. The third-order valence-electron chi connectivity index (χ3n) is 3.98. The van der Waals surface area contributed by atoms with E-state index in [9.17, 15) is 9.59 Å². The molecule has 3 rings (SSSR count). The van der Waals surface area contributed by atoms with E-state index in [2.05, 4.69) is 16.0 Å². The molecule has 3 amide bonds. The summed E-state index contributed by atoms with van der Waals surface area (Å²) in [6.45, 7) is 1.64. The van der Waals surface area contributed by atoms with E-state index in [1.165, 1.54) is 11.3 Å². The molecule has 1 aromatic carbocycles. The minimum absolute atomic E-state index is 0.0956. The summed E-state index contributed by atoms with van der Waals surface area (Å²) in [5.74, 6) is 0.538. The highest BCUT2D eigenvalue weighted by molar-refractivity contribution is 7.20. The van der Waals surface area contributed by atoms with Gasteiger partial charge in [0.25, 0.3) is 5.91 Å². The number of carbonyl (C=O) groups is 2. The number of anilines is 1. The first-order valence-corrected chi connectivity index (χ1v) is 8.75. The molecule has 25 heavy (non-hydrogen) atoms. The Morgan fingerprint density at radius 3 is 2.68 bits per heavy atom. The number of nitrogens with one attached hydrogen (secondary N) is 3. The fourth-order valence-corrected chi connectivity index (χ4v) is 3.77. The average Bonchev–Trinajstić information content (AvgIpc) is 3.24. The maximum absolute atomic E-state index is 12.6. The van der Waals surface area contributed by atoms with Crippen molar-refractivity contribution in [3.8, 4) is 16.2 Å². The molecule has 1 fully saturated rings. The van der Waals surface area contributed by atoms with E-state index in [1.54, 1.807) is 13.2 Å². The molecule has 0 spiro atoms. The number of amides is 3. The zero-order chi connectivity index (χ0) is 17.8. The molecule has 1 saturated heterocycles. The van der Waals surface area contributed by atoms with Gasteiger partial charge in [-0.1, -0.05) is 0 Å². The number of urea groups is 1. The molecule has 0 radical (unpaired) electrons. The van der Waals surface area contributed by atoms with Crippen LogP contribution in [-0.2, 0) is 0 Å². The monoisotopic (exact) mass is 360 g/mol. The summed E-state index contributed by atoms with van der Waals surface area (Å²) < 4.78 is 5.16. The van der Waals surface area contributed by atoms with Crippen LogP contribution in [0.2, 0.25) is 0 Å². The van der Waals surface area contributed by atoms with Crippen molar-refractivity contribution < 1.29 is 14.3 Å². The number of ether oxygens (including phenoxy) is 1.